The van der Waals surface area contributed by atoms with Gasteiger partial charge in [-0.05, 0) is 29.1 Å². The Morgan fingerprint density at radius 3 is 2.81 bits per heavy atom. The number of fused-ring (bicyclic) bond motifs is 1. The number of carboxylic acid groups (broad SMARTS) is 1. The Labute approximate surface area is 94.1 Å². The number of nitrogens with one attached hydrogen (secondary N) is 1. The fourth-order valence-electron chi connectivity index (χ4n) is 1.95. The van der Waals surface area contributed by atoms with Crippen LogP contribution < -0.4 is 0 Å². The fourth-order valence-corrected chi connectivity index (χ4v) is 1.95. The van der Waals surface area contributed by atoms with E-state index in [1.165, 1.54) is 0 Å². The zero-order valence-electron chi connectivity index (χ0n) is 9.45. The van der Waals surface area contributed by atoms with E-state index in [1.807, 2.05) is 38.2 Å². The predicted molar refractivity (Wildman–Crippen MR) is 63.6 cm³/mol. The number of hydrogen-bond acceptors (Lipinski definition) is 1. The van der Waals surface area contributed by atoms with Crippen LogP contribution in [0, 0.1) is 0 Å². The predicted octanol–water partition coefficient (Wildman–Crippen LogP) is 2.92. The van der Waals surface area contributed by atoms with Crippen molar-refractivity contribution < 1.29 is 9.90 Å². The topological polar surface area (TPSA) is 53.1 Å². The quantitative estimate of drug-likeness (QED) is 0.830. The molecule has 0 amide bonds. The molecular weight excluding hydrogens is 202 g/mol. The van der Waals surface area contributed by atoms with Crippen LogP contribution in [0.25, 0.3) is 10.9 Å². The number of rotatable bonds is 3. The standard InChI is InChI=1S/C13H15NO2/c1-13(2,8-12(15)16)10-3-4-11-9(7-10)5-6-14-11/h3-7,14H,8H2,1-2H3,(H,15,16). The van der Waals surface area contributed by atoms with Crippen LogP contribution in [0.1, 0.15) is 25.8 Å². The highest BCUT2D eigenvalue weighted by molar-refractivity contribution is 5.80. The van der Waals surface area contributed by atoms with Gasteiger partial charge in [-0.25, -0.2) is 0 Å². The molecule has 0 atom stereocenters. The lowest BCUT2D eigenvalue weighted by atomic mass is 9.81. The van der Waals surface area contributed by atoms with Crippen LogP contribution in [-0.2, 0) is 10.2 Å². The van der Waals surface area contributed by atoms with Crippen molar-refractivity contribution in [2.75, 3.05) is 0 Å². The van der Waals surface area contributed by atoms with Gasteiger partial charge in [-0.15, -0.1) is 0 Å². The molecule has 3 nitrogen and oxygen atoms in total. The van der Waals surface area contributed by atoms with Crippen molar-refractivity contribution in [3.8, 4) is 0 Å². The Morgan fingerprint density at radius 2 is 2.12 bits per heavy atom. The molecule has 0 unspecified atom stereocenters. The first-order valence-electron chi connectivity index (χ1n) is 5.28. The number of aromatic amines is 1. The summed E-state index contributed by atoms with van der Waals surface area (Å²) >= 11 is 0. The first-order chi connectivity index (χ1) is 7.49. The van der Waals surface area contributed by atoms with Crippen molar-refractivity contribution in [3.05, 3.63) is 36.0 Å². The van der Waals surface area contributed by atoms with Gasteiger partial charge in [0.05, 0.1) is 6.42 Å². The largest absolute Gasteiger partial charge is 0.481 e. The summed E-state index contributed by atoms with van der Waals surface area (Å²) in [6.45, 7) is 3.91. The van der Waals surface area contributed by atoms with Crippen molar-refractivity contribution in [1.82, 2.24) is 4.98 Å². The Kier molecular flexibility index (Phi) is 2.46. The normalized spacial score (nSPS) is 11.9. The lowest BCUT2D eigenvalue weighted by molar-refractivity contribution is -0.138. The van der Waals surface area contributed by atoms with Crippen LogP contribution in [0.15, 0.2) is 30.5 Å². The maximum Gasteiger partial charge on any atom is 0.304 e. The number of hydrogen-bond donors (Lipinski definition) is 2. The minimum Gasteiger partial charge on any atom is -0.481 e. The van der Waals surface area contributed by atoms with Crippen molar-refractivity contribution in [2.45, 2.75) is 25.7 Å². The summed E-state index contributed by atoms with van der Waals surface area (Å²) in [6.07, 6.45) is 2.03. The number of carboxylic acids is 1. The van der Waals surface area contributed by atoms with E-state index in [2.05, 4.69) is 11.1 Å². The molecule has 0 aliphatic rings. The average Bonchev–Trinajstić information content (AvgIpc) is 2.61. The monoisotopic (exact) mass is 217 g/mol. The van der Waals surface area contributed by atoms with Gasteiger partial charge in [0.25, 0.3) is 0 Å². The first-order valence-corrected chi connectivity index (χ1v) is 5.28. The zero-order chi connectivity index (χ0) is 11.8. The summed E-state index contributed by atoms with van der Waals surface area (Å²) in [5, 5.41) is 10.00. The molecule has 84 valence electrons. The summed E-state index contributed by atoms with van der Waals surface area (Å²) in [6, 6.07) is 8.03. The summed E-state index contributed by atoms with van der Waals surface area (Å²) in [4.78, 5) is 13.9. The molecule has 2 aromatic rings. The van der Waals surface area contributed by atoms with Gasteiger partial charge >= 0.3 is 5.97 Å². The number of carbonyl (C=O) groups is 1. The number of aromatic nitrogens is 1. The molecule has 1 aromatic heterocycles. The first kappa shape index (κ1) is 10.7. The van der Waals surface area contributed by atoms with Crippen LogP contribution in [-0.4, -0.2) is 16.1 Å². The van der Waals surface area contributed by atoms with E-state index in [-0.39, 0.29) is 11.8 Å². The summed E-state index contributed by atoms with van der Waals surface area (Å²) in [5.41, 5.74) is 1.80. The second kappa shape index (κ2) is 3.67. The summed E-state index contributed by atoms with van der Waals surface area (Å²) in [5.74, 6) is -0.765. The van der Waals surface area contributed by atoms with E-state index in [4.69, 9.17) is 5.11 Å². The van der Waals surface area contributed by atoms with E-state index < -0.39 is 5.97 Å². The van der Waals surface area contributed by atoms with Crippen LogP contribution in [0.4, 0.5) is 0 Å². The Hall–Kier alpha value is -1.77. The van der Waals surface area contributed by atoms with E-state index >= 15 is 0 Å². The molecule has 0 aliphatic carbocycles. The van der Waals surface area contributed by atoms with Crippen LogP contribution in [0.5, 0.6) is 0 Å². The summed E-state index contributed by atoms with van der Waals surface area (Å²) < 4.78 is 0. The lowest BCUT2D eigenvalue weighted by Gasteiger charge is -2.23. The third-order valence-electron chi connectivity index (χ3n) is 2.93. The van der Waals surface area contributed by atoms with Gasteiger partial charge in [-0.3, -0.25) is 4.79 Å². The highest BCUT2D eigenvalue weighted by Crippen LogP contribution is 2.29. The maximum atomic E-state index is 10.8. The highest BCUT2D eigenvalue weighted by atomic mass is 16.4. The smallest absolute Gasteiger partial charge is 0.304 e. The Morgan fingerprint density at radius 1 is 1.38 bits per heavy atom. The molecule has 0 fully saturated rings. The number of aliphatic carboxylic acids is 1. The molecule has 0 aliphatic heterocycles. The van der Waals surface area contributed by atoms with Gasteiger partial charge in [0.2, 0.25) is 0 Å². The lowest BCUT2D eigenvalue weighted by Crippen LogP contribution is -2.21. The van der Waals surface area contributed by atoms with Crippen molar-refractivity contribution >= 4 is 16.9 Å². The molecular formula is C13H15NO2. The van der Waals surface area contributed by atoms with Crippen molar-refractivity contribution in [2.24, 2.45) is 0 Å². The number of benzene rings is 1. The minimum atomic E-state index is -0.765. The van der Waals surface area contributed by atoms with Gasteiger partial charge in [-0.1, -0.05) is 19.9 Å². The molecule has 3 heteroatoms. The van der Waals surface area contributed by atoms with Crippen molar-refractivity contribution in [1.29, 1.82) is 0 Å². The van der Waals surface area contributed by atoms with Crippen LogP contribution >= 0.6 is 0 Å². The third kappa shape index (κ3) is 1.94. The minimum absolute atomic E-state index is 0.142. The third-order valence-corrected chi connectivity index (χ3v) is 2.93. The van der Waals surface area contributed by atoms with Crippen LogP contribution in [0.3, 0.4) is 0 Å². The second-order valence-corrected chi connectivity index (χ2v) is 4.73. The second-order valence-electron chi connectivity index (χ2n) is 4.73. The molecule has 1 aromatic carbocycles. The molecule has 0 radical (unpaired) electrons. The maximum absolute atomic E-state index is 10.8. The Bertz CT molecular complexity index is 525. The molecule has 16 heavy (non-hydrogen) atoms. The highest BCUT2D eigenvalue weighted by Gasteiger charge is 2.24. The van der Waals surface area contributed by atoms with E-state index in [9.17, 15) is 4.79 Å². The van der Waals surface area contributed by atoms with E-state index in [1.54, 1.807) is 0 Å². The van der Waals surface area contributed by atoms with Crippen molar-refractivity contribution in [3.63, 3.8) is 0 Å². The molecule has 2 rings (SSSR count). The van der Waals surface area contributed by atoms with Crippen LogP contribution in [0.2, 0.25) is 0 Å². The fraction of sp³-hybridized carbons (Fsp3) is 0.308. The van der Waals surface area contributed by atoms with E-state index in [0.717, 1.165) is 16.5 Å². The van der Waals surface area contributed by atoms with Gasteiger partial charge in [-0.2, -0.15) is 0 Å². The molecule has 0 saturated heterocycles. The van der Waals surface area contributed by atoms with Gasteiger partial charge < -0.3 is 10.1 Å². The molecule has 1 heterocycles. The van der Waals surface area contributed by atoms with Gasteiger partial charge in [0.15, 0.2) is 0 Å². The molecule has 0 bridgehead atoms. The zero-order valence-corrected chi connectivity index (χ0v) is 9.45. The van der Waals surface area contributed by atoms with E-state index in [0.29, 0.717) is 0 Å². The molecule has 0 saturated carbocycles. The molecule has 0 spiro atoms. The molecule has 2 N–H and O–H groups in total. The Balaban J connectivity index is 2.41. The van der Waals surface area contributed by atoms with Gasteiger partial charge in [0, 0.05) is 17.1 Å². The average molecular weight is 217 g/mol. The summed E-state index contributed by atoms with van der Waals surface area (Å²) in [7, 11) is 0. The number of H-pyrrole nitrogens is 1. The SMILES string of the molecule is CC(C)(CC(=O)O)c1ccc2[nH]ccc2c1. The van der Waals surface area contributed by atoms with Gasteiger partial charge in [0.1, 0.15) is 0 Å².